The van der Waals surface area contributed by atoms with Crippen molar-refractivity contribution in [2.45, 2.75) is 25.5 Å². The van der Waals surface area contributed by atoms with Crippen LogP contribution < -0.4 is 10.1 Å². The van der Waals surface area contributed by atoms with Crippen molar-refractivity contribution in [1.29, 1.82) is 0 Å². The molecule has 2 aromatic rings. The number of rotatable bonds is 6. The van der Waals surface area contributed by atoms with Gasteiger partial charge >= 0.3 is 0 Å². The predicted molar refractivity (Wildman–Crippen MR) is 83.6 cm³/mol. The Hall–Kier alpha value is -1.84. The maximum absolute atomic E-state index is 5.85. The summed E-state index contributed by atoms with van der Waals surface area (Å²) >= 11 is 0. The first-order chi connectivity index (χ1) is 10.4. The number of ether oxygens (including phenoxy) is 2. The van der Waals surface area contributed by atoms with Crippen LogP contribution in [0.15, 0.2) is 54.6 Å². The first kappa shape index (κ1) is 14.1. The molecule has 0 radical (unpaired) electrons. The Morgan fingerprint density at radius 3 is 2.71 bits per heavy atom. The lowest BCUT2D eigenvalue weighted by atomic mass is 10.2. The van der Waals surface area contributed by atoms with E-state index in [1.165, 1.54) is 18.4 Å². The van der Waals surface area contributed by atoms with Crippen molar-refractivity contribution >= 4 is 0 Å². The summed E-state index contributed by atoms with van der Waals surface area (Å²) < 4.78 is 11.5. The molecule has 21 heavy (non-hydrogen) atoms. The lowest BCUT2D eigenvalue weighted by Gasteiger charge is -2.11. The maximum Gasteiger partial charge on any atom is 0.127 e. The second-order valence-electron chi connectivity index (χ2n) is 5.33. The van der Waals surface area contributed by atoms with E-state index >= 15 is 0 Å². The van der Waals surface area contributed by atoms with Crippen molar-refractivity contribution in [3.63, 3.8) is 0 Å². The molecule has 1 unspecified atom stereocenters. The fourth-order valence-corrected chi connectivity index (χ4v) is 2.53. The third kappa shape index (κ3) is 4.31. The van der Waals surface area contributed by atoms with E-state index < -0.39 is 0 Å². The van der Waals surface area contributed by atoms with E-state index in [2.05, 4.69) is 17.4 Å². The highest BCUT2D eigenvalue weighted by Crippen LogP contribution is 2.21. The summed E-state index contributed by atoms with van der Waals surface area (Å²) in [4.78, 5) is 0. The molecule has 110 valence electrons. The lowest BCUT2D eigenvalue weighted by molar-refractivity contribution is 0.110. The van der Waals surface area contributed by atoms with E-state index in [0.717, 1.165) is 31.2 Å². The van der Waals surface area contributed by atoms with E-state index in [0.29, 0.717) is 6.10 Å². The number of hydrogen-bond acceptors (Lipinski definition) is 3. The van der Waals surface area contributed by atoms with E-state index in [4.69, 9.17) is 9.47 Å². The van der Waals surface area contributed by atoms with Crippen molar-refractivity contribution in [3.8, 4) is 11.5 Å². The SMILES string of the molecule is c1ccc(Oc2cccc(CNCC3CCCO3)c2)cc1. The zero-order chi connectivity index (χ0) is 14.3. The highest BCUT2D eigenvalue weighted by atomic mass is 16.5. The molecule has 0 aliphatic carbocycles. The summed E-state index contributed by atoms with van der Waals surface area (Å²) in [6.07, 6.45) is 2.74. The first-order valence-electron chi connectivity index (χ1n) is 7.54. The molecule has 1 fully saturated rings. The molecule has 0 spiro atoms. The van der Waals surface area contributed by atoms with Gasteiger partial charge in [-0.2, -0.15) is 0 Å². The molecule has 1 aliphatic rings. The van der Waals surface area contributed by atoms with Crippen molar-refractivity contribution in [2.24, 2.45) is 0 Å². The Labute approximate surface area is 125 Å². The molecule has 3 rings (SSSR count). The van der Waals surface area contributed by atoms with Crippen LogP contribution in [-0.2, 0) is 11.3 Å². The van der Waals surface area contributed by atoms with Crippen molar-refractivity contribution in [3.05, 3.63) is 60.2 Å². The van der Waals surface area contributed by atoms with E-state index in [9.17, 15) is 0 Å². The monoisotopic (exact) mass is 283 g/mol. The van der Waals surface area contributed by atoms with Crippen LogP contribution in [0.4, 0.5) is 0 Å². The van der Waals surface area contributed by atoms with Gasteiger partial charge in [0.2, 0.25) is 0 Å². The van der Waals surface area contributed by atoms with Crippen LogP contribution in [-0.4, -0.2) is 19.3 Å². The predicted octanol–water partition coefficient (Wildman–Crippen LogP) is 3.75. The average Bonchev–Trinajstić information content (AvgIpc) is 3.02. The second kappa shape index (κ2) is 7.25. The molecular formula is C18H21NO2. The van der Waals surface area contributed by atoms with Crippen LogP contribution in [0.25, 0.3) is 0 Å². The Bertz CT molecular complexity index is 550. The van der Waals surface area contributed by atoms with Crippen LogP contribution >= 0.6 is 0 Å². The van der Waals surface area contributed by atoms with E-state index in [1.54, 1.807) is 0 Å². The molecule has 3 heteroatoms. The Kier molecular flexibility index (Phi) is 4.87. The van der Waals surface area contributed by atoms with Gasteiger partial charge in [0, 0.05) is 19.7 Å². The van der Waals surface area contributed by atoms with Gasteiger partial charge in [-0.25, -0.2) is 0 Å². The van der Waals surface area contributed by atoms with Crippen molar-refractivity contribution in [2.75, 3.05) is 13.2 Å². The van der Waals surface area contributed by atoms with Gasteiger partial charge in [-0.15, -0.1) is 0 Å². The van der Waals surface area contributed by atoms with E-state index in [1.807, 2.05) is 42.5 Å². The topological polar surface area (TPSA) is 30.5 Å². The second-order valence-corrected chi connectivity index (χ2v) is 5.33. The van der Waals surface area contributed by atoms with Crippen LogP contribution in [0, 0.1) is 0 Å². The van der Waals surface area contributed by atoms with Gasteiger partial charge in [-0.1, -0.05) is 30.3 Å². The van der Waals surface area contributed by atoms with Crippen LogP contribution in [0.1, 0.15) is 18.4 Å². The molecule has 2 aromatic carbocycles. The Balaban J connectivity index is 1.53. The molecule has 0 amide bonds. The van der Waals surface area contributed by atoms with E-state index in [-0.39, 0.29) is 0 Å². The lowest BCUT2D eigenvalue weighted by Crippen LogP contribution is -2.25. The third-order valence-corrected chi connectivity index (χ3v) is 3.60. The summed E-state index contributed by atoms with van der Waals surface area (Å²) in [6.45, 7) is 2.67. The highest BCUT2D eigenvalue weighted by Gasteiger charge is 2.14. The zero-order valence-electron chi connectivity index (χ0n) is 12.1. The molecule has 1 aliphatic heterocycles. The quantitative estimate of drug-likeness (QED) is 0.876. The number of benzene rings is 2. The summed E-state index contributed by atoms with van der Waals surface area (Å²) in [5.74, 6) is 1.74. The van der Waals surface area contributed by atoms with Crippen LogP contribution in [0.3, 0.4) is 0 Å². The summed E-state index contributed by atoms with van der Waals surface area (Å²) in [5.41, 5.74) is 1.22. The minimum Gasteiger partial charge on any atom is -0.457 e. The molecule has 1 saturated heterocycles. The van der Waals surface area contributed by atoms with Gasteiger partial charge in [-0.05, 0) is 42.7 Å². The molecule has 1 atom stereocenters. The Morgan fingerprint density at radius 1 is 1.05 bits per heavy atom. The highest BCUT2D eigenvalue weighted by molar-refractivity contribution is 5.33. The molecule has 0 bridgehead atoms. The molecule has 0 aromatic heterocycles. The van der Waals surface area contributed by atoms with Crippen molar-refractivity contribution < 1.29 is 9.47 Å². The summed E-state index contributed by atoms with van der Waals surface area (Å²) in [7, 11) is 0. The van der Waals surface area contributed by atoms with Gasteiger partial charge in [0.15, 0.2) is 0 Å². The first-order valence-corrected chi connectivity index (χ1v) is 7.54. The fourth-order valence-electron chi connectivity index (χ4n) is 2.53. The van der Waals surface area contributed by atoms with Gasteiger partial charge in [-0.3, -0.25) is 0 Å². The standard InChI is InChI=1S/C18H21NO2/c1-2-7-16(8-3-1)21-17-9-4-6-15(12-17)13-19-14-18-10-5-11-20-18/h1-4,6-9,12,18-19H,5,10-11,13-14H2. The number of para-hydroxylation sites is 1. The molecule has 3 nitrogen and oxygen atoms in total. The average molecular weight is 283 g/mol. The number of nitrogens with one attached hydrogen (secondary N) is 1. The maximum atomic E-state index is 5.85. The third-order valence-electron chi connectivity index (χ3n) is 3.60. The van der Waals surface area contributed by atoms with Crippen LogP contribution in [0.2, 0.25) is 0 Å². The largest absolute Gasteiger partial charge is 0.457 e. The van der Waals surface area contributed by atoms with Gasteiger partial charge in [0.25, 0.3) is 0 Å². The van der Waals surface area contributed by atoms with Gasteiger partial charge < -0.3 is 14.8 Å². The zero-order valence-corrected chi connectivity index (χ0v) is 12.1. The molecule has 1 heterocycles. The molecule has 0 saturated carbocycles. The normalized spacial score (nSPS) is 17.8. The molecule has 1 N–H and O–H groups in total. The van der Waals surface area contributed by atoms with Gasteiger partial charge in [0.05, 0.1) is 6.10 Å². The minimum atomic E-state index is 0.383. The minimum absolute atomic E-state index is 0.383. The van der Waals surface area contributed by atoms with Crippen molar-refractivity contribution in [1.82, 2.24) is 5.32 Å². The Morgan fingerprint density at radius 2 is 1.90 bits per heavy atom. The smallest absolute Gasteiger partial charge is 0.127 e. The fraction of sp³-hybridized carbons (Fsp3) is 0.333. The summed E-state index contributed by atoms with van der Waals surface area (Å²) in [5, 5.41) is 3.45. The molecular weight excluding hydrogens is 262 g/mol. The summed E-state index contributed by atoms with van der Waals surface area (Å²) in [6, 6.07) is 18.1. The van der Waals surface area contributed by atoms with Crippen LogP contribution in [0.5, 0.6) is 11.5 Å². The number of hydrogen-bond donors (Lipinski definition) is 1. The van der Waals surface area contributed by atoms with Gasteiger partial charge in [0.1, 0.15) is 11.5 Å².